The molecule has 2 aromatic carbocycles. The number of carbonyl (C=O) groups is 4. The van der Waals surface area contributed by atoms with Gasteiger partial charge in [0, 0.05) is 35.7 Å². The van der Waals surface area contributed by atoms with Crippen molar-refractivity contribution in [3.8, 4) is 5.75 Å². The monoisotopic (exact) mass is 569 g/mol. The van der Waals surface area contributed by atoms with Crippen LogP contribution in [0.5, 0.6) is 5.75 Å². The number of fused-ring (bicyclic) bond motifs is 1. The molecule has 3 rings (SSSR count). The van der Waals surface area contributed by atoms with Crippen molar-refractivity contribution < 1.29 is 29.4 Å². The molecule has 0 bridgehead atoms. The number of hydrogen-bond donors (Lipinski definition) is 8. The van der Waals surface area contributed by atoms with Crippen molar-refractivity contribution in [3.05, 3.63) is 65.9 Å². The molecule has 0 aliphatic rings. The number of nitrogens with one attached hydrogen (secondary N) is 4. The second-order valence-electron chi connectivity index (χ2n) is 9.91. The van der Waals surface area contributed by atoms with E-state index >= 15 is 0 Å². The maximum absolute atomic E-state index is 13.4. The van der Waals surface area contributed by atoms with Gasteiger partial charge >= 0.3 is 5.97 Å². The molecule has 0 spiro atoms. The predicted molar refractivity (Wildman–Crippen MR) is 154 cm³/mol. The van der Waals surface area contributed by atoms with Crippen LogP contribution >= 0.6 is 12.6 Å². The summed E-state index contributed by atoms with van der Waals surface area (Å²) in [4.78, 5) is 54.2. The lowest BCUT2D eigenvalue weighted by atomic mass is 10.0. The average Bonchev–Trinajstić information content (AvgIpc) is 3.33. The van der Waals surface area contributed by atoms with Gasteiger partial charge in [0.1, 0.15) is 23.9 Å². The molecule has 1 aromatic heterocycles. The predicted octanol–water partition coefficient (Wildman–Crippen LogP) is 1.11. The third kappa shape index (κ3) is 7.99. The Balaban J connectivity index is 1.80. The third-order valence-corrected chi connectivity index (χ3v) is 6.92. The molecular formula is C28H35N5O6S. The summed E-state index contributed by atoms with van der Waals surface area (Å²) >= 11 is 4.17. The van der Waals surface area contributed by atoms with Crippen LogP contribution in [0.1, 0.15) is 25.0 Å². The van der Waals surface area contributed by atoms with Crippen LogP contribution in [0.25, 0.3) is 10.9 Å². The number of hydrogen-bond acceptors (Lipinski definition) is 7. The van der Waals surface area contributed by atoms with Gasteiger partial charge in [-0.3, -0.25) is 14.4 Å². The van der Waals surface area contributed by atoms with E-state index in [0.29, 0.717) is 11.1 Å². The van der Waals surface area contributed by atoms with Gasteiger partial charge in [-0.2, -0.15) is 12.6 Å². The van der Waals surface area contributed by atoms with Crippen LogP contribution in [-0.4, -0.2) is 68.8 Å². The molecule has 0 radical (unpaired) electrons. The first-order valence-corrected chi connectivity index (χ1v) is 13.5. The topological polar surface area (TPSA) is 187 Å². The fraction of sp³-hybridized carbons (Fsp3) is 0.357. The van der Waals surface area contributed by atoms with Crippen LogP contribution in [0, 0.1) is 5.92 Å². The molecule has 0 saturated heterocycles. The van der Waals surface area contributed by atoms with Crippen molar-refractivity contribution in [2.75, 3.05) is 5.75 Å². The van der Waals surface area contributed by atoms with Crippen molar-refractivity contribution in [2.45, 2.75) is 50.9 Å². The fourth-order valence-electron chi connectivity index (χ4n) is 4.11. The molecule has 0 aliphatic carbocycles. The zero-order valence-corrected chi connectivity index (χ0v) is 23.2. The second kappa shape index (κ2) is 13.9. The minimum Gasteiger partial charge on any atom is -0.508 e. The normalized spacial score (nSPS) is 14.2. The molecule has 0 saturated carbocycles. The zero-order chi connectivity index (χ0) is 29.4. The van der Waals surface area contributed by atoms with E-state index in [4.69, 9.17) is 5.73 Å². The van der Waals surface area contributed by atoms with Crippen molar-refractivity contribution in [1.82, 2.24) is 20.9 Å². The maximum atomic E-state index is 13.4. The van der Waals surface area contributed by atoms with Crippen LogP contribution < -0.4 is 21.7 Å². The number of nitrogens with two attached hydrogens (primary N) is 1. The molecule has 214 valence electrons. The summed E-state index contributed by atoms with van der Waals surface area (Å²) in [7, 11) is 0. The number of rotatable bonds is 13. The Kier molecular flexibility index (Phi) is 10.6. The number of carbonyl (C=O) groups excluding carboxylic acids is 3. The molecule has 0 fully saturated rings. The minimum atomic E-state index is -1.28. The van der Waals surface area contributed by atoms with E-state index in [-0.39, 0.29) is 30.3 Å². The fourth-order valence-corrected chi connectivity index (χ4v) is 4.36. The Hall–Kier alpha value is -4.03. The number of aromatic nitrogens is 1. The lowest BCUT2D eigenvalue weighted by Gasteiger charge is -2.25. The highest BCUT2D eigenvalue weighted by Crippen LogP contribution is 2.19. The summed E-state index contributed by atoms with van der Waals surface area (Å²) in [6.07, 6.45) is 1.70. The maximum Gasteiger partial charge on any atom is 0.326 e. The molecular weight excluding hydrogens is 534 g/mol. The van der Waals surface area contributed by atoms with Gasteiger partial charge in [-0.05, 0) is 35.2 Å². The Morgan fingerprint density at radius 1 is 0.875 bits per heavy atom. The Morgan fingerprint density at radius 3 is 2.10 bits per heavy atom. The highest BCUT2D eigenvalue weighted by atomic mass is 32.1. The summed E-state index contributed by atoms with van der Waals surface area (Å²) in [6, 6.07) is 9.05. The van der Waals surface area contributed by atoms with Gasteiger partial charge in [0.2, 0.25) is 17.7 Å². The number of phenolic OH excluding ortho intramolecular Hbond substituents is 1. The molecule has 3 aromatic rings. The van der Waals surface area contributed by atoms with Crippen molar-refractivity contribution in [2.24, 2.45) is 11.7 Å². The number of benzene rings is 2. The standard InChI is InChI=1S/C28H35N5O6S/c1-15(2)24(29)27(37)33-23(14-40)26(36)31-21(11-16-7-9-18(34)10-8-16)25(35)32-22(28(38)39)12-17-13-30-20-6-4-3-5-19(17)20/h3-10,13,15,21-24,30,34,40H,11-12,14,29H2,1-2H3,(H,31,36)(H,32,35)(H,33,37)(H,38,39). The van der Waals surface area contributed by atoms with Crippen LogP contribution in [0.2, 0.25) is 0 Å². The Bertz CT molecular complexity index is 1340. The second-order valence-corrected chi connectivity index (χ2v) is 10.3. The van der Waals surface area contributed by atoms with Gasteiger partial charge in [0.25, 0.3) is 0 Å². The molecule has 0 aliphatic heterocycles. The van der Waals surface area contributed by atoms with Crippen LogP contribution in [0.15, 0.2) is 54.7 Å². The lowest BCUT2D eigenvalue weighted by molar-refractivity contribution is -0.142. The summed E-state index contributed by atoms with van der Waals surface area (Å²) in [6.45, 7) is 3.54. The first-order chi connectivity index (χ1) is 19.0. The van der Waals surface area contributed by atoms with E-state index in [1.54, 1.807) is 32.2 Å². The molecule has 1 heterocycles. The largest absolute Gasteiger partial charge is 0.508 e. The van der Waals surface area contributed by atoms with E-state index in [9.17, 15) is 29.4 Å². The SMILES string of the molecule is CC(C)C(N)C(=O)NC(CS)C(=O)NC(Cc1ccc(O)cc1)C(=O)NC(Cc1c[nH]c2ccccc12)C(=O)O. The number of para-hydroxylation sites is 1. The number of aliphatic carboxylic acids is 1. The van der Waals surface area contributed by atoms with E-state index in [2.05, 4.69) is 33.6 Å². The number of H-pyrrole nitrogens is 1. The number of carboxylic acid groups (broad SMARTS) is 1. The average molecular weight is 570 g/mol. The van der Waals surface area contributed by atoms with E-state index in [1.807, 2.05) is 24.3 Å². The first-order valence-electron chi connectivity index (χ1n) is 12.8. The molecule has 3 amide bonds. The first kappa shape index (κ1) is 30.5. The highest BCUT2D eigenvalue weighted by molar-refractivity contribution is 7.80. The number of thiol groups is 1. The Labute approximate surface area is 237 Å². The van der Waals surface area contributed by atoms with Crippen molar-refractivity contribution >= 4 is 47.2 Å². The summed E-state index contributed by atoms with van der Waals surface area (Å²) < 4.78 is 0. The molecule has 11 nitrogen and oxygen atoms in total. The van der Waals surface area contributed by atoms with E-state index < -0.39 is 47.9 Å². The number of aromatic amines is 1. The molecule has 40 heavy (non-hydrogen) atoms. The highest BCUT2D eigenvalue weighted by Gasteiger charge is 2.31. The van der Waals surface area contributed by atoms with Crippen molar-refractivity contribution in [3.63, 3.8) is 0 Å². The van der Waals surface area contributed by atoms with Crippen molar-refractivity contribution in [1.29, 1.82) is 0 Å². The third-order valence-electron chi connectivity index (χ3n) is 6.56. The number of aromatic hydroxyl groups is 1. The minimum absolute atomic E-state index is 0.00394. The lowest BCUT2D eigenvalue weighted by Crippen LogP contribution is -2.58. The summed E-state index contributed by atoms with van der Waals surface area (Å²) in [5.74, 6) is -3.38. The summed E-state index contributed by atoms with van der Waals surface area (Å²) in [5, 5.41) is 28.1. The Morgan fingerprint density at radius 2 is 1.48 bits per heavy atom. The molecule has 4 unspecified atom stereocenters. The van der Waals surface area contributed by atoms with Gasteiger partial charge in [-0.15, -0.1) is 0 Å². The number of amides is 3. The molecule has 4 atom stereocenters. The van der Waals surface area contributed by atoms with Gasteiger partial charge < -0.3 is 36.9 Å². The zero-order valence-electron chi connectivity index (χ0n) is 22.3. The van der Waals surface area contributed by atoms with Gasteiger partial charge in [-0.1, -0.05) is 44.2 Å². The van der Waals surface area contributed by atoms with Crippen LogP contribution in [0.4, 0.5) is 0 Å². The molecule has 12 heteroatoms. The number of carboxylic acids is 1. The van der Waals surface area contributed by atoms with Gasteiger partial charge in [0.05, 0.1) is 6.04 Å². The van der Waals surface area contributed by atoms with E-state index in [1.165, 1.54) is 12.1 Å². The number of phenols is 1. The van der Waals surface area contributed by atoms with Gasteiger partial charge in [0.15, 0.2) is 0 Å². The van der Waals surface area contributed by atoms with Gasteiger partial charge in [-0.25, -0.2) is 4.79 Å². The van der Waals surface area contributed by atoms with E-state index in [0.717, 1.165) is 10.9 Å². The van der Waals surface area contributed by atoms with Crippen LogP contribution in [-0.2, 0) is 32.0 Å². The van der Waals surface area contributed by atoms with Crippen LogP contribution in [0.3, 0.4) is 0 Å². The summed E-state index contributed by atoms with van der Waals surface area (Å²) in [5.41, 5.74) is 8.04. The quantitative estimate of drug-likeness (QED) is 0.142. The smallest absolute Gasteiger partial charge is 0.326 e. The molecule has 8 N–H and O–H groups in total.